The molecule has 390 valence electrons. The normalized spacial score (nSPS) is 13.9. The number of rotatable bonds is 20. The average molecular weight is 1010 g/mol. The predicted octanol–water partition coefficient (Wildman–Crippen LogP) is 14.2. The molecule has 9 rings (SSSR count). The molecule has 2 aliphatic heterocycles. The Labute approximate surface area is 451 Å². The van der Waals surface area contributed by atoms with E-state index >= 15 is 0 Å². The second-order valence-electron chi connectivity index (χ2n) is 20.6. The van der Waals surface area contributed by atoms with E-state index < -0.39 is 0 Å². The minimum absolute atomic E-state index is 0.106. The summed E-state index contributed by atoms with van der Waals surface area (Å²) in [6, 6.07) is 55.5. The Hall–Kier alpha value is -7.56. The maximum absolute atomic E-state index is 14.0. The van der Waals surface area contributed by atoms with E-state index in [2.05, 4.69) is 119 Å². The van der Waals surface area contributed by atoms with Crippen LogP contribution in [-0.4, -0.2) is 64.8 Å². The Kier molecular flexibility index (Phi) is 20.4. The number of nitriles is 2. The van der Waals surface area contributed by atoms with Crippen molar-refractivity contribution in [1.29, 1.82) is 10.5 Å². The summed E-state index contributed by atoms with van der Waals surface area (Å²) < 4.78 is 5.25. The molecule has 2 amide bonds. The van der Waals surface area contributed by atoms with Gasteiger partial charge < -0.3 is 19.5 Å². The summed E-state index contributed by atoms with van der Waals surface area (Å²) in [6.45, 7) is 10.3. The summed E-state index contributed by atoms with van der Waals surface area (Å²) in [5.41, 5.74) is 13.3. The molecule has 6 aromatic carbocycles. The maximum Gasteiger partial charge on any atom is 0.254 e. The van der Waals surface area contributed by atoms with E-state index in [0.29, 0.717) is 24.2 Å². The molecule has 0 radical (unpaired) electrons. The van der Waals surface area contributed by atoms with Crippen molar-refractivity contribution >= 4 is 11.8 Å². The smallest absolute Gasteiger partial charge is 0.254 e. The Morgan fingerprint density at radius 3 is 1.29 bits per heavy atom. The second-order valence-corrected chi connectivity index (χ2v) is 20.6. The number of aryl methyl sites for hydroxylation is 2. The van der Waals surface area contributed by atoms with Gasteiger partial charge in [0.1, 0.15) is 0 Å². The van der Waals surface area contributed by atoms with Crippen molar-refractivity contribution in [1.82, 2.24) is 20.0 Å². The number of carbonyl (C=O) groups is 2. The fourth-order valence-corrected chi connectivity index (χ4v) is 10.5. The van der Waals surface area contributed by atoms with E-state index in [1.54, 1.807) is 6.26 Å². The van der Waals surface area contributed by atoms with Crippen LogP contribution in [0.4, 0.5) is 0 Å². The van der Waals surface area contributed by atoms with Gasteiger partial charge in [-0.2, -0.15) is 10.5 Å². The number of amides is 2. The monoisotopic (exact) mass is 1010 g/mol. The third-order valence-corrected chi connectivity index (χ3v) is 15.1. The van der Waals surface area contributed by atoms with Gasteiger partial charge in [-0.05, 0) is 164 Å². The molecule has 0 spiro atoms. The summed E-state index contributed by atoms with van der Waals surface area (Å²) in [4.78, 5) is 34.2. The number of furan rings is 1. The quantitative estimate of drug-likeness (QED) is 0.0756. The third kappa shape index (κ3) is 15.5. The van der Waals surface area contributed by atoms with Crippen molar-refractivity contribution < 1.29 is 14.0 Å². The summed E-state index contributed by atoms with van der Waals surface area (Å²) in [6.07, 6.45) is 16.8. The standard InChI is InChI=1S/C36H39N3O2.C31H35N3O/c1-2-3-4-5-28-6-16-34(17-7-28)36(40)39(35-18-21-38(22-19-35)25-31-20-23-41-27-31)26-30-10-14-33(15-11-30)32-12-8-29(24-37)9-13-32;1-2-3-4-5-24-6-16-29(17-7-24)31(35)34(30-18-20-33-21-19-30)23-26-10-14-28(15-11-26)27-12-8-25(22-32)9-13-27/h6-17,20,23,27,35H,2-5,18-19,21-22,25-26H2,1H3;6-17,30,33H,2-5,18-21,23H2,1H3. The second kappa shape index (κ2) is 28.4. The minimum atomic E-state index is 0.106. The Morgan fingerprint density at radius 2 is 0.908 bits per heavy atom. The molecule has 0 aliphatic carbocycles. The lowest BCUT2D eigenvalue weighted by molar-refractivity contribution is 0.0542. The zero-order chi connectivity index (χ0) is 52.9. The van der Waals surface area contributed by atoms with Crippen molar-refractivity contribution in [3.63, 3.8) is 0 Å². The maximum atomic E-state index is 14.0. The minimum Gasteiger partial charge on any atom is -0.472 e. The molecule has 1 N–H and O–H groups in total. The van der Waals surface area contributed by atoms with Crippen LogP contribution >= 0.6 is 0 Å². The van der Waals surface area contributed by atoms with Gasteiger partial charge in [-0.1, -0.05) is 137 Å². The molecule has 0 atom stereocenters. The first-order chi connectivity index (χ1) is 37.3. The van der Waals surface area contributed by atoms with Gasteiger partial charge in [-0.15, -0.1) is 0 Å². The van der Waals surface area contributed by atoms with Crippen LogP contribution in [0.5, 0.6) is 0 Å². The number of nitrogens with zero attached hydrogens (tertiary/aromatic N) is 5. The highest BCUT2D eigenvalue weighted by molar-refractivity contribution is 5.95. The predicted molar refractivity (Wildman–Crippen MR) is 305 cm³/mol. The molecule has 7 aromatic rings. The third-order valence-electron chi connectivity index (χ3n) is 15.1. The number of benzene rings is 6. The van der Waals surface area contributed by atoms with Gasteiger partial charge in [0.2, 0.25) is 0 Å². The lowest BCUT2D eigenvalue weighted by Gasteiger charge is -2.38. The zero-order valence-electron chi connectivity index (χ0n) is 44.6. The van der Waals surface area contributed by atoms with Crippen molar-refractivity contribution in [3.05, 3.63) is 214 Å². The van der Waals surface area contributed by atoms with Gasteiger partial charge in [0, 0.05) is 61.5 Å². The number of unbranched alkanes of at least 4 members (excludes halogenated alkanes) is 4. The highest BCUT2D eigenvalue weighted by atomic mass is 16.3. The fraction of sp³-hybridized carbons (Fsp3) is 0.343. The lowest BCUT2D eigenvalue weighted by atomic mass is 9.98. The van der Waals surface area contributed by atoms with Gasteiger partial charge in [-0.3, -0.25) is 14.5 Å². The first-order valence-electron chi connectivity index (χ1n) is 27.7. The van der Waals surface area contributed by atoms with Crippen LogP contribution in [0.1, 0.15) is 138 Å². The molecule has 2 aliphatic rings. The van der Waals surface area contributed by atoms with Crippen LogP contribution in [0, 0.1) is 22.7 Å². The van der Waals surface area contributed by atoms with Gasteiger partial charge in [0.05, 0.1) is 35.8 Å². The number of likely N-dealkylation sites (tertiary alicyclic amines) is 1. The van der Waals surface area contributed by atoms with E-state index in [1.165, 1.54) is 55.2 Å². The van der Waals surface area contributed by atoms with Crippen LogP contribution in [0.25, 0.3) is 22.3 Å². The molecule has 76 heavy (non-hydrogen) atoms. The highest BCUT2D eigenvalue weighted by Gasteiger charge is 2.30. The summed E-state index contributed by atoms with van der Waals surface area (Å²) in [5.74, 6) is 0.225. The van der Waals surface area contributed by atoms with Crippen LogP contribution in [0.2, 0.25) is 0 Å². The Balaban J connectivity index is 0.000000204. The molecule has 2 saturated heterocycles. The van der Waals surface area contributed by atoms with Crippen molar-refractivity contribution in [2.75, 3.05) is 26.2 Å². The zero-order valence-corrected chi connectivity index (χ0v) is 44.6. The molecule has 2 fully saturated rings. The Bertz CT molecular complexity index is 2940. The van der Waals surface area contributed by atoms with E-state index in [1.807, 2.05) is 85.1 Å². The van der Waals surface area contributed by atoms with E-state index in [-0.39, 0.29) is 23.9 Å². The average Bonchev–Trinajstić information content (AvgIpc) is 4.00. The largest absolute Gasteiger partial charge is 0.472 e. The molecule has 0 bridgehead atoms. The number of piperidine rings is 2. The van der Waals surface area contributed by atoms with Crippen LogP contribution in [0.3, 0.4) is 0 Å². The van der Waals surface area contributed by atoms with E-state index in [9.17, 15) is 9.59 Å². The molecule has 1 aromatic heterocycles. The van der Waals surface area contributed by atoms with Crippen molar-refractivity contribution in [2.24, 2.45) is 0 Å². The highest BCUT2D eigenvalue weighted by Crippen LogP contribution is 2.27. The molecular weight excluding hydrogens is 937 g/mol. The molecule has 0 unspecified atom stereocenters. The molecule has 9 heteroatoms. The molecular formula is C67H74N6O3. The first-order valence-corrected chi connectivity index (χ1v) is 27.7. The van der Waals surface area contributed by atoms with Crippen LogP contribution < -0.4 is 5.32 Å². The van der Waals surface area contributed by atoms with E-state index in [0.717, 1.165) is 116 Å². The van der Waals surface area contributed by atoms with Gasteiger partial charge in [0.25, 0.3) is 11.8 Å². The Morgan fingerprint density at radius 1 is 0.513 bits per heavy atom. The van der Waals surface area contributed by atoms with Gasteiger partial charge >= 0.3 is 0 Å². The first kappa shape index (κ1) is 54.7. The topological polar surface area (TPSA) is 117 Å². The molecule has 9 nitrogen and oxygen atoms in total. The fourth-order valence-electron chi connectivity index (χ4n) is 10.5. The summed E-state index contributed by atoms with van der Waals surface area (Å²) in [7, 11) is 0. The van der Waals surface area contributed by atoms with Crippen LogP contribution in [0.15, 0.2) is 169 Å². The van der Waals surface area contributed by atoms with Crippen LogP contribution in [-0.2, 0) is 32.5 Å². The number of hydrogen-bond donors (Lipinski definition) is 1. The lowest BCUT2D eigenvalue weighted by Crippen LogP contribution is -2.46. The van der Waals surface area contributed by atoms with E-state index in [4.69, 9.17) is 14.9 Å². The van der Waals surface area contributed by atoms with Gasteiger partial charge in [-0.25, -0.2) is 0 Å². The summed E-state index contributed by atoms with van der Waals surface area (Å²) in [5, 5.41) is 21.5. The van der Waals surface area contributed by atoms with Crippen molar-refractivity contribution in [2.45, 2.75) is 123 Å². The summed E-state index contributed by atoms with van der Waals surface area (Å²) >= 11 is 0. The number of nitrogens with one attached hydrogen (secondary N) is 1. The molecule has 3 heterocycles. The number of hydrogen-bond acceptors (Lipinski definition) is 7. The number of carbonyl (C=O) groups excluding carboxylic acids is 2. The van der Waals surface area contributed by atoms with Crippen molar-refractivity contribution in [3.8, 4) is 34.4 Å². The SMILES string of the molecule is CCCCCc1ccc(C(=O)N(Cc2ccc(-c3ccc(C#N)cc3)cc2)C2CCN(Cc3ccoc3)CC2)cc1.CCCCCc1ccc(C(=O)N(Cc2ccc(-c3ccc(C#N)cc3)cc2)C2CCNCC2)cc1. The van der Waals surface area contributed by atoms with Gasteiger partial charge in [0.15, 0.2) is 0 Å². The molecule has 0 saturated carbocycles.